The average molecular weight is 544 g/mol. The number of hydrogen-bond acceptors (Lipinski definition) is 2. The SMILES string of the molecule is O=C(Nc1ccc(Cl)cc1Cl)N(CCc1c[nH]c2ccccc12)Cc1cccc(OCc2ccccc2)c1. The van der Waals surface area contributed by atoms with Gasteiger partial charge >= 0.3 is 6.03 Å². The number of halogens is 2. The molecule has 2 N–H and O–H groups in total. The Labute approximate surface area is 232 Å². The lowest BCUT2D eigenvalue weighted by atomic mass is 10.1. The Morgan fingerprint density at radius 1 is 0.868 bits per heavy atom. The van der Waals surface area contributed by atoms with Crippen LogP contribution in [-0.4, -0.2) is 22.5 Å². The molecular formula is C31H27Cl2N3O2. The largest absolute Gasteiger partial charge is 0.489 e. The highest BCUT2D eigenvalue weighted by atomic mass is 35.5. The van der Waals surface area contributed by atoms with Crippen molar-refractivity contribution in [3.8, 4) is 5.75 Å². The summed E-state index contributed by atoms with van der Waals surface area (Å²) in [5.74, 6) is 0.754. The summed E-state index contributed by atoms with van der Waals surface area (Å²) in [5.41, 5.74) is 4.81. The second-order valence-corrected chi connectivity index (χ2v) is 9.85. The third kappa shape index (κ3) is 6.49. The number of nitrogens with zero attached hydrogens (tertiary/aromatic N) is 1. The first-order valence-corrected chi connectivity index (χ1v) is 13.1. The van der Waals surface area contributed by atoms with Crippen molar-refractivity contribution in [2.45, 2.75) is 19.6 Å². The molecular weight excluding hydrogens is 517 g/mol. The standard InChI is InChI=1S/C31H27Cl2N3O2/c32-25-13-14-30(28(33)18-25)35-31(37)36(16-15-24-19-34-29-12-5-4-11-27(24)29)20-23-9-6-10-26(17-23)38-21-22-7-2-1-3-8-22/h1-14,17-19,34H,15-16,20-21H2,(H,35,37). The molecule has 4 aromatic carbocycles. The van der Waals surface area contributed by atoms with Gasteiger partial charge in [-0.15, -0.1) is 0 Å². The van der Waals surface area contributed by atoms with Crippen LogP contribution in [0.1, 0.15) is 16.7 Å². The molecule has 5 aromatic rings. The Bertz CT molecular complexity index is 1540. The topological polar surface area (TPSA) is 57.4 Å². The summed E-state index contributed by atoms with van der Waals surface area (Å²) < 4.78 is 6.01. The quantitative estimate of drug-likeness (QED) is 0.196. The van der Waals surface area contributed by atoms with Crippen molar-refractivity contribution in [2.75, 3.05) is 11.9 Å². The van der Waals surface area contributed by atoms with E-state index in [1.54, 1.807) is 23.1 Å². The van der Waals surface area contributed by atoms with Crippen molar-refractivity contribution in [1.29, 1.82) is 0 Å². The van der Waals surface area contributed by atoms with Gasteiger partial charge in [0.1, 0.15) is 12.4 Å². The first kappa shape index (κ1) is 25.7. The number of H-pyrrole nitrogens is 1. The second kappa shape index (κ2) is 12.1. The maximum Gasteiger partial charge on any atom is 0.322 e. The van der Waals surface area contributed by atoms with Crippen LogP contribution in [0.15, 0.2) is 103 Å². The Balaban J connectivity index is 1.33. The van der Waals surface area contributed by atoms with E-state index in [-0.39, 0.29) is 6.03 Å². The van der Waals surface area contributed by atoms with Crippen LogP contribution >= 0.6 is 23.2 Å². The van der Waals surface area contributed by atoms with E-state index < -0.39 is 0 Å². The van der Waals surface area contributed by atoms with Gasteiger partial charge in [-0.25, -0.2) is 4.79 Å². The number of aromatic amines is 1. The lowest BCUT2D eigenvalue weighted by molar-refractivity contribution is 0.209. The number of amides is 2. The van der Waals surface area contributed by atoms with Gasteiger partial charge < -0.3 is 19.9 Å². The summed E-state index contributed by atoms with van der Waals surface area (Å²) in [6.45, 7) is 1.39. The molecule has 0 saturated heterocycles. The molecule has 0 fully saturated rings. The fraction of sp³-hybridized carbons (Fsp3) is 0.129. The van der Waals surface area contributed by atoms with E-state index >= 15 is 0 Å². The van der Waals surface area contributed by atoms with Crippen LogP contribution in [0, 0.1) is 0 Å². The molecule has 192 valence electrons. The van der Waals surface area contributed by atoms with Crippen LogP contribution in [0.4, 0.5) is 10.5 Å². The minimum absolute atomic E-state index is 0.246. The number of urea groups is 1. The second-order valence-electron chi connectivity index (χ2n) is 9.01. The average Bonchev–Trinajstić information content (AvgIpc) is 3.35. The van der Waals surface area contributed by atoms with Gasteiger partial charge in [-0.1, -0.05) is 83.9 Å². The minimum Gasteiger partial charge on any atom is -0.489 e. The maximum absolute atomic E-state index is 13.5. The van der Waals surface area contributed by atoms with Gasteiger partial charge in [-0.3, -0.25) is 0 Å². The van der Waals surface area contributed by atoms with Gasteiger partial charge in [0.05, 0.1) is 10.7 Å². The summed E-state index contributed by atoms with van der Waals surface area (Å²) in [4.78, 5) is 18.6. The molecule has 0 atom stereocenters. The molecule has 5 nitrogen and oxygen atoms in total. The van der Waals surface area contributed by atoms with E-state index in [0.29, 0.717) is 41.8 Å². The maximum atomic E-state index is 13.5. The number of fused-ring (bicyclic) bond motifs is 1. The number of carbonyl (C=O) groups is 1. The molecule has 0 aliphatic heterocycles. The molecule has 0 bridgehead atoms. The van der Waals surface area contributed by atoms with Crippen LogP contribution in [-0.2, 0) is 19.6 Å². The third-order valence-electron chi connectivity index (χ3n) is 6.31. The van der Waals surface area contributed by atoms with Crippen LogP contribution in [0.2, 0.25) is 10.0 Å². The molecule has 0 aliphatic carbocycles. The Morgan fingerprint density at radius 3 is 2.50 bits per heavy atom. The molecule has 5 rings (SSSR count). The van der Waals surface area contributed by atoms with Gasteiger partial charge in [0, 0.05) is 35.2 Å². The number of anilines is 1. The third-order valence-corrected chi connectivity index (χ3v) is 6.85. The lowest BCUT2D eigenvalue weighted by Crippen LogP contribution is -2.36. The number of benzene rings is 4. The van der Waals surface area contributed by atoms with E-state index in [9.17, 15) is 4.79 Å². The Hall–Kier alpha value is -3.93. The molecule has 2 amide bonds. The fourth-order valence-electron chi connectivity index (χ4n) is 4.33. The Kier molecular flexibility index (Phi) is 8.17. The normalized spacial score (nSPS) is 10.9. The number of carbonyl (C=O) groups excluding carboxylic acids is 1. The summed E-state index contributed by atoms with van der Waals surface area (Å²) in [5, 5.41) is 5.00. The van der Waals surface area contributed by atoms with Crippen LogP contribution < -0.4 is 10.1 Å². The van der Waals surface area contributed by atoms with E-state index in [1.165, 1.54) is 0 Å². The highest BCUT2D eigenvalue weighted by molar-refractivity contribution is 6.36. The number of hydrogen-bond donors (Lipinski definition) is 2. The molecule has 38 heavy (non-hydrogen) atoms. The van der Waals surface area contributed by atoms with Crippen molar-refractivity contribution in [3.63, 3.8) is 0 Å². The number of rotatable bonds is 9. The van der Waals surface area contributed by atoms with Gasteiger partial charge in [0.25, 0.3) is 0 Å². The molecule has 0 saturated carbocycles. The van der Waals surface area contributed by atoms with Crippen LogP contribution in [0.3, 0.4) is 0 Å². The molecule has 1 aromatic heterocycles. The fourth-order valence-corrected chi connectivity index (χ4v) is 4.78. The highest BCUT2D eigenvalue weighted by Gasteiger charge is 2.17. The smallest absolute Gasteiger partial charge is 0.322 e. The zero-order chi connectivity index (χ0) is 26.3. The van der Waals surface area contributed by atoms with Crippen molar-refractivity contribution in [2.24, 2.45) is 0 Å². The molecule has 0 unspecified atom stereocenters. The zero-order valence-electron chi connectivity index (χ0n) is 20.7. The Morgan fingerprint density at radius 2 is 1.66 bits per heavy atom. The van der Waals surface area contributed by atoms with Crippen LogP contribution in [0.25, 0.3) is 10.9 Å². The predicted octanol–water partition coefficient (Wildman–Crippen LogP) is 8.33. The first-order valence-electron chi connectivity index (χ1n) is 12.4. The summed E-state index contributed by atoms with van der Waals surface area (Å²) in [7, 11) is 0. The van der Waals surface area contributed by atoms with Crippen molar-refractivity contribution >= 4 is 45.8 Å². The van der Waals surface area contributed by atoms with Crippen molar-refractivity contribution in [1.82, 2.24) is 9.88 Å². The van der Waals surface area contributed by atoms with Gasteiger partial charge in [-0.2, -0.15) is 0 Å². The number of ether oxygens (including phenoxy) is 1. The number of nitrogens with one attached hydrogen (secondary N) is 2. The minimum atomic E-state index is -0.246. The monoisotopic (exact) mass is 543 g/mol. The number of aromatic nitrogens is 1. The first-order chi connectivity index (χ1) is 18.5. The van der Waals surface area contributed by atoms with Gasteiger partial charge in [-0.05, 0) is 59.5 Å². The van der Waals surface area contributed by atoms with E-state index in [2.05, 4.69) is 16.4 Å². The summed E-state index contributed by atoms with van der Waals surface area (Å²) in [6.07, 6.45) is 2.70. The van der Waals surface area contributed by atoms with E-state index in [0.717, 1.165) is 33.3 Å². The predicted molar refractivity (Wildman–Crippen MR) is 155 cm³/mol. The zero-order valence-corrected chi connectivity index (χ0v) is 22.2. The molecule has 0 spiro atoms. The molecule has 0 aliphatic rings. The van der Waals surface area contributed by atoms with E-state index in [1.807, 2.05) is 79.0 Å². The summed E-state index contributed by atoms with van der Waals surface area (Å²) >= 11 is 12.4. The highest BCUT2D eigenvalue weighted by Crippen LogP contribution is 2.26. The number of para-hydroxylation sites is 1. The molecule has 1 heterocycles. The van der Waals surface area contributed by atoms with Crippen molar-refractivity contribution < 1.29 is 9.53 Å². The molecule has 7 heteroatoms. The van der Waals surface area contributed by atoms with Crippen molar-refractivity contribution in [3.05, 3.63) is 130 Å². The van der Waals surface area contributed by atoms with Crippen LogP contribution in [0.5, 0.6) is 5.75 Å². The summed E-state index contributed by atoms with van der Waals surface area (Å²) in [6, 6.07) is 30.8. The van der Waals surface area contributed by atoms with Gasteiger partial charge in [0.15, 0.2) is 0 Å². The molecule has 0 radical (unpaired) electrons. The lowest BCUT2D eigenvalue weighted by Gasteiger charge is -2.24. The van der Waals surface area contributed by atoms with Gasteiger partial charge in [0.2, 0.25) is 0 Å². The van der Waals surface area contributed by atoms with E-state index in [4.69, 9.17) is 27.9 Å².